The van der Waals surface area contributed by atoms with Crippen molar-refractivity contribution < 1.29 is 0 Å². The van der Waals surface area contributed by atoms with Gasteiger partial charge in [-0.2, -0.15) is 10.2 Å². The van der Waals surface area contributed by atoms with E-state index in [-0.39, 0.29) is 0 Å². The zero-order chi connectivity index (χ0) is 17.8. The minimum atomic E-state index is 0.303. The Bertz CT molecular complexity index is 846. The molecule has 0 unspecified atom stereocenters. The number of nitrogens with zero attached hydrogens (tertiary/aromatic N) is 2. The molecule has 2 aromatic heterocycles. The normalized spacial score (nSPS) is 11.2. The second kappa shape index (κ2) is 7.37. The fraction of sp³-hybridized carbons (Fsp3) is 0.143. The number of benzene rings is 2. The summed E-state index contributed by atoms with van der Waals surface area (Å²) in [6.45, 7) is 0.885. The summed E-state index contributed by atoms with van der Waals surface area (Å²) in [4.78, 5) is 0. The Morgan fingerprint density at radius 1 is 0.731 bits per heavy atom. The van der Waals surface area contributed by atoms with Crippen LogP contribution in [0.4, 0.5) is 0 Å². The number of hydrogen-bond donors (Lipinski definition) is 3. The van der Waals surface area contributed by atoms with Crippen LogP contribution >= 0.6 is 0 Å². The molecular weight excluding hydrogens is 322 g/mol. The Labute approximate surface area is 152 Å². The van der Waals surface area contributed by atoms with E-state index in [0.29, 0.717) is 5.92 Å². The van der Waals surface area contributed by atoms with Crippen LogP contribution in [0.15, 0.2) is 73.3 Å². The van der Waals surface area contributed by atoms with Gasteiger partial charge in [0.05, 0.1) is 12.4 Å². The molecule has 0 aliphatic heterocycles. The molecule has 0 atom stereocenters. The topological polar surface area (TPSA) is 69.4 Å². The molecular formula is C21H21N5. The molecule has 4 aromatic rings. The van der Waals surface area contributed by atoms with Gasteiger partial charge in [0.25, 0.3) is 0 Å². The Kier molecular flexibility index (Phi) is 4.62. The number of hydrogen-bond acceptors (Lipinski definition) is 3. The zero-order valence-electron chi connectivity index (χ0n) is 14.6. The van der Waals surface area contributed by atoms with Crippen molar-refractivity contribution >= 4 is 0 Å². The van der Waals surface area contributed by atoms with Crippen LogP contribution in [0.2, 0.25) is 0 Å². The summed E-state index contributed by atoms with van der Waals surface area (Å²) in [5, 5.41) is 17.1. The van der Waals surface area contributed by atoms with Crippen molar-refractivity contribution in [2.45, 2.75) is 5.92 Å². The van der Waals surface area contributed by atoms with E-state index in [1.165, 1.54) is 22.3 Å². The van der Waals surface area contributed by atoms with Crippen molar-refractivity contribution in [2.24, 2.45) is 0 Å². The minimum Gasteiger partial charge on any atom is -0.319 e. The average molecular weight is 343 g/mol. The first kappa shape index (κ1) is 16.3. The van der Waals surface area contributed by atoms with Crippen LogP contribution in [-0.4, -0.2) is 34.0 Å². The van der Waals surface area contributed by atoms with E-state index in [4.69, 9.17) is 0 Å². The molecule has 26 heavy (non-hydrogen) atoms. The van der Waals surface area contributed by atoms with E-state index >= 15 is 0 Å². The van der Waals surface area contributed by atoms with Crippen LogP contribution in [0, 0.1) is 0 Å². The van der Waals surface area contributed by atoms with Crippen molar-refractivity contribution in [1.29, 1.82) is 0 Å². The summed E-state index contributed by atoms with van der Waals surface area (Å²) in [6.07, 6.45) is 7.51. The second-order valence-electron chi connectivity index (χ2n) is 6.33. The molecule has 0 fully saturated rings. The number of nitrogens with one attached hydrogen (secondary N) is 3. The molecule has 2 aromatic carbocycles. The van der Waals surface area contributed by atoms with E-state index < -0.39 is 0 Å². The first-order chi connectivity index (χ1) is 12.8. The van der Waals surface area contributed by atoms with Gasteiger partial charge in [-0.15, -0.1) is 0 Å². The predicted octanol–water partition coefficient (Wildman–Crippen LogP) is 3.82. The van der Waals surface area contributed by atoms with Gasteiger partial charge in [0.1, 0.15) is 0 Å². The standard InChI is InChI=1S/C21H21N5/c1-22-14-21(17-6-2-15(3-7-17)19-10-23-24-11-19)18-8-4-16(5-9-18)20-12-25-26-13-20/h2-13,21-22H,14H2,1H3,(H,23,24)(H,25,26). The maximum Gasteiger partial charge on any atom is 0.0565 e. The van der Waals surface area contributed by atoms with Gasteiger partial charge in [-0.05, 0) is 29.3 Å². The molecule has 0 radical (unpaired) electrons. The maximum atomic E-state index is 4.02. The van der Waals surface area contributed by atoms with Crippen LogP contribution in [0.25, 0.3) is 22.3 Å². The third kappa shape index (κ3) is 3.30. The first-order valence-corrected chi connectivity index (χ1v) is 8.68. The van der Waals surface area contributed by atoms with Crippen molar-refractivity contribution in [1.82, 2.24) is 25.7 Å². The Morgan fingerprint density at radius 2 is 1.19 bits per heavy atom. The lowest BCUT2D eigenvalue weighted by Crippen LogP contribution is -2.18. The monoisotopic (exact) mass is 343 g/mol. The Hall–Kier alpha value is -3.18. The van der Waals surface area contributed by atoms with Gasteiger partial charge >= 0.3 is 0 Å². The Balaban J connectivity index is 1.61. The molecule has 0 saturated carbocycles. The van der Waals surface area contributed by atoms with Gasteiger partial charge < -0.3 is 5.32 Å². The second-order valence-corrected chi connectivity index (χ2v) is 6.33. The van der Waals surface area contributed by atoms with Gasteiger partial charge in [-0.25, -0.2) is 0 Å². The summed E-state index contributed by atoms with van der Waals surface area (Å²) in [7, 11) is 1.99. The lowest BCUT2D eigenvalue weighted by atomic mass is 9.89. The molecule has 5 nitrogen and oxygen atoms in total. The van der Waals surface area contributed by atoms with Crippen LogP contribution in [0.3, 0.4) is 0 Å². The molecule has 3 N–H and O–H groups in total. The van der Waals surface area contributed by atoms with Crippen LogP contribution < -0.4 is 5.32 Å². The third-order valence-corrected chi connectivity index (χ3v) is 4.70. The summed E-state index contributed by atoms with van der Waals surface area (Å²) >= 11 is 0. The van der Waals surface area contributed by atoms with E-state index in [9.17, 15) is 0 Å². The van der Waals surface area contributed by atoms with Gasteiger partial charge in [0, 0.05) is 36.0 Å². The van der Waals surface area contributed by atoms with E-state index in [1.54, 1.807) is 0 Å². The van der Waals surface area contributed by atoms with Crippen LogP contribution in [0.5, 0.6) is 0 Å². The van der Waals surface area contributed by atoms with Crippen molar-refractivity contribution in [3.05, 3.63) is 84.4 Å². The summed E-state index contributed by atoms with van der Waals surface area (Å²) in [5.41, 5.74) is 7.13. The largest absolute Gasteiger partial charge is 0.319 e. The molecule has 130 valence electrons. The molecule has 2 heterocycles. The van der Waals surface area contributed by atoms with Crippen molar-refractivity contribution in [3.63, 3.8) is 0 Å². The van der Waals surface area contributed by atoms with Crippen LogP contribution in [-0.2, 0) is 0 Å². The summed E-state index contributed by atoms with van der Waals surface area (Å²) in [5.74, 6) is 0.303. The number of likely N-dealkylation sites (N-methyl/N-ethyl adjacent to an activating group) is 1. The van der Waals surface area contributed by atoms with Gasteiger partial charge in [0.2, 0.25) is 0 Å². The highest BCUT2D eigenvalue weighted by Gasteiger charge is 2.14. The van der Waals surface area contributed by atoms with Crippen LogP contribution in [0.1, 0.15) is 17.0 Å². The van der Waals surface area contributed by atoms with E-state index in [0.717, 1.165) is 17.7 Å². The molecule has 4 rings (SSSR count). The smallest absolute Gasteiger partial charge is 0.0565 e. The van der Waals surface area contributed by atoms with E-state index in [1.807, 2.05) is 31.8 Å². The minimum absolute atomic E-state index is 0.303. The predicted molar refractivity (Wildman–Crippen MR) is 104 cm³/mol. The fourth-order valence-corrected chi connectivity index (χ4v) is 3.27. The number of rotatable bonds is 6. The Morgan fingerprint density at radius 3 is 1.54 bits per heavy atom. The van der Waals surface area contributed by atoms with Gasteiger partial charge in [-0.3, -0.25) is 10.2 Å². The third-order valence-electron chi connectivity index (χ3n) is 4.70. The molecule has 0 aliphatic rings. The quantitative estimate of drug-likeness (QED) is 0.498. The number of H-pyrrole nitrogens is 2. The SMILES string of the molecule is CNCC(c1ccc(-c2cn[nH]c2)cc1)c1ccc(-c2cn[nH]c2)cc1. The molecule has 0 saturated heterocycles. The lowest BCUT2D eigenvalue weighted by Gasteiger charge is -2.18. The van der Waals surface area contributed by atoms with Crippen molar-refractivity contribution in [2.75, 3.05) is 13.6 Å². The molecule has 0 aliphatic carbocycles. The summed E-state index contributed by atoms with van der Waals surface area (Å²) in [6, 6.07) is 17.4. The average Bonchev–Trinajstić information content (AvgIpc) is 3.40. The highest BCUT2D eigenvalue weighted by Crippen LogP contribution is 2.28. The van der Waals surface area contributed by atoms with E-state index in [2.05, 4.69) is 74.2 Å². The van der Waals surface area contributed by atoms with Gasteiger partial charge in [0.15, 0.2) is 0 Å². The maximum absolute atomic E-state index is 4.02. The first-order valence-electron chi connectivity index (χ1n) is 8.68. The highest BCUT2D eigenvalue weighted by atomic mass is 15.1. The molecule has 0 amide bonds. The number of aromatic nitrogens is 4. The lowest BCUT2D eigenvalue weighted by molar-refractivity contribution is 0.708. The molecule has 0 bridgehead atoms. The fourth-order valence-electron chi connectivity index (χ4n) is 3.27. The zero-order valence-corrected chi connectivity index (χ0v) is 14.6. The van der Waals surface area contributed by atoms with Crippen molar-refractivity contribution in [3.8, 4) is 22.3 Å². The summed E-state index contributed by atoms with van der Waals surface area (Å²) < 4.78 is 0. The highest BCUT2D eigenvalue weighted by molar-refractivity contribution is 5.63. The molecule has 5 heteroatoms. The molecule has 0 spiro atoms. The number of aromatic amines is 2. The van der Waals surface area contributed by atoms with Gasteiger partial charge in [-0.1, -0.05) is 48.5 Å².